The fourth-order valence-corrected chi connectivity index (χ4v) is 1.17. The molecule has 0 aromatic rings. The lowest BCUT2D eigenvalue weighted by Gasteiger charge is -2.01. The molecule has 0 fully saturated rings. The van der Waals surface area contributed by atoms with Gasteiger partial charge < -0.3 is 5.32 Å². The smallest absolute Gasteiger partial charge is 0.216 e. The second-order valence-corrected chi connectivity index (χ2v) is 3.25. The highest BCUT2D eigenvalue weighted by Crippen LogP contribution is 2.03. The first-order valence-corrected chi connectivity index (χ1v) is 5.01. The summed E-state index contributed by atoms with van der Waals surface area (Å²) in [5.74, 6) is 0.0866. The molecule has 0 rings (SSSR count). The van der Waals surface area contributed by atoms with E-state index in [0.29, 0.717) is 0 Å². The first-order chi connectivity index (χ1) is 5.77. The second-order valence-electron chi connectivity index (χ2n) is 3.25. The van der Waals surface area contributed by atoms with E-state index in [9.17, 15) is 4.79 Å². The summed E-state index contributed by atoms with van der Waals surface area (Å²) in [7, 11) is 0. The molecule has 0 aliphatic carbocycles. The molecule has 0 spiro atoms. The van der Waals surface area contributed by atoms with Crippen LogP contribution in [-0.2, 0) is 4.79 Å². The van der Waals surface area contributed by atoms with Crippen molar-refractivity contribution in [2.45, 2.75) is 52.4 Å². The van der Waals surface area contributed by atoms with Gasteiger partial charge in [0.2, 0.25) is 5.91 Å². The second kappa shape index (κ2) is 8.57. The van der Waals surface area contributed by atoms with Crippen LogP contribution >= 0.6 is 0 Å². The van der Waals surface area contributed by atoms with Gasteiger partial charge in [0.1, 0.15) is 0 Å². The Hall–Kier alpha value is -0.530. The molecule has 0 saturated heterocycles. The summed E-state index contributed by atoms with van der Waals surface area (Å²) < 4.78 is 0. The van der Waals surface area contributed by atoms with Crippen molar-refractivity contribution < 1.29 is 4.79 Å². The molecule has 0 unspecified atom stereocenters. The summed E-state index contributed by atoms with van der Waals surface area (Å²) in [4.78, 5) is 10.5. The standard InChI is InChI=1S/C10H21NO/c1-3-4-5-6-7-8-9-11-10(2)12/h3-9H2,1-2H3,(H,11,12). The number of hydrogen-bond acceptors (Lipinski definition) is 1. The molecule has 12 heavy (non-hydrogen) atoms. The van der Waals surface area contributed by atoms with Crippen LogP contribution in [0, 0.1) is 0 Å². The molecular weight excluding hydrogens is 150 g/mol. The Balaban J connectivity index is 2.86. The maximum atomic E-state index is 10.5. The van der Waals surface area contributed by atoms with E-state index in [2.05, 4.69) is 12.2 Å². The van der Waals surface area contributed by atoms with Gasteiger partial charge in [-0.05, 0) is 6.42 Å². The van der Waals surface area contributed by atoms with E-state index < -0.39 is 0 Å². The van der Waals surface area contributed by atoms with Gasteiger partial charge in [0.15, 0.2) is 0 Å². The van der Waals surface area contributed by atoms with Crippen molar-refractivity contribution in [2.24, 2.45) is 0 Å². The highest BCUT2D eigenvalue weighted by molar-refractivity contribution is 5.72. The van der Waals surface area contributed by atoms with Crippen molar-refractivity contribution in [1.82, 2.24) is 5.32 Å². The third kappa shape index (κ3) is 9.47. The number of carbonyl (C=O) groups excluding carboxylic acids is 1. The monoisotopic (exact) mass is 171 g/mol. The van der Waals surface area contributed by atoms with Gasteiger partial charge >= 0.3 is 0 Å². The number of amides is 1. The minimum Gasteiger partial charge on any atom is -0.356 e. The van der Waals surface area contributed by atoms with Gasteiger partial charge in [0, 0.05) is 13.5 Å². The van der Waals surface area contributed by atoms with E-state index in [1.807, 2.05) is 0 Å². The molecule has 0 heterocycles. The lowest BCUT2D eigenvalue weighted by molar-refractivity contribution is -0.118. The van der Waals surface area contributed by atoms with E-state index in [1.165, 1.54) is 32.1 Å². The van der Waals surface area contributed by atoms with Crippen LogP contribution < -0.4 is 5.32 Å². The van der Waals surface area contributed by atoms with Crippen LogP contribution in [0.15, 0.2) is 0 Å². The van der Waals surface area contributed by atoms with Crippen LogP contribution in [0.2, 0.25) is 0 Å². The van der Waals surface area contributed by atoms with Gasteiger partial charge in [-0.15, -0.1) is 0 Å². The van der Waals surface area contributed by atoms with Crippen LogP contribution in [0.5, 0.6) is 0 Å². The molecule has 0 bridgehead atoms. The summed E-state index contributed by atoms with van der Waals surface area (Å²) in [6.45, 7) is 4.63. The third-order valence-electron chi connectivity index (χ3n) is 1.90. The van der Waals surface area contributed by atoms with E-state index in [-0.39, 0.29) is 5.91 Å². The van der Waals surface area contributed by atoms with Crippen molar-refractivity contribution in [3.8, 4) is 0 Å². The molecule has 0 atom stereocenters. The van der Waals surface area contributed by atoms with Crippen molar-refractivity contribution in [2.75, 3.05) is 6.54 Å². The predicted octanol–water partition coefficient (Wildman–Crippen LogP) is 2.48. The van der Waals surface area contributed by atoms with E-state index in [0.717, 1.165) is 13.0 Å². The van der Waals surface area contributed by atoms with E-state index >= 15 is 0 Å². The maximum absolute atomic E-state index is 10.5. The van der Waals surface area contributed by atoms with E-state index in [1.54, 1.807) is 6.92 Å². The summed E-state index contributed by atoms with van der Waals surface area (Å²) in [5, 5.41) is 2.80. The minimum absolute atomic E-state index is 0.0866. The Kier molecular flexibility index (Phi) is 8.19. The predicted molar refractivity (Wildman–Crippen MR) is 52.1 cm³/mol. The highest BCUT2D eigenvalue weighted by Gasteiger charge is 1.91. The largest absolute Gasteiger partial charge is 0.356 e. The minimum atomic E-state index is 0.0866. The first-order valence-electron chi connectivity index (χ1n) is 5.01. The molecule has 0 aliphatic rings. The van der Waals surface area contributed by atoms with Crippen molar-refractivity contribution >= 4 is 5.91 Å². The number of nitrogens with one attached hydrogen (secondary N) is 1. The number of carbonyl (C=O) groups is 1. The molecular formula is C10H21NO. The quantitative estimate of drug-likeness (QED) is 0.586. The Labute approximate surface area is 75.7 Å². The summed E-state index contributed by atoms with van der Waals surface area (Å²) >= 11 is 0. The number of rotatable bonds is 7. The van der Waals surface area contributed by atoms with Crippen LogP contribution in [0.4, 0.5) is 0 Å². The van der Waals surface area contributed by atoms with Gasteiger partial charge in [-0.2, -0.15) is 0 Å². The lowest BCUT2D eigenvalue weighted by atomic mass is 10.1. The number of hydrogen-bond donors (Lipinski definition) is 1. The summed E-state index contributed by atoms with van der Waals surface area (Å²) in [6.07, 6.45) is 7.68. The van der Waals surface area contributed by atoms with Gasteiger partial charge in [0.05, 0.1) is 0 Å². The maximum Gasteiger partial charge on any atom is 0.216 e. The van der Waals surface area contributed by atoms with Gasteiger partial charge in [-0.3, -0.25) is 4.79 Å². The van der Waals surface area contributed by atoms with E-state index in [4.69, 9.17) is 0 Å². The Morgan fingerprint density at radius 2 is 1.67 bits per heavy atom. The molecule has 0 aliphatic heterocycles. The van der Waals surface area contributed by atoms with Crippen LogP contribution in [0.1, 0.15) is 52.4 Å². The van der Waals surface area contributed by atoms with Crippen LogP contribution in [-0.4, -0.2) is 12.5 Å². The fourth-order valence-electron chi connectivity index (χ4n) is 1.17. The zero-order valence-electron chi connectivity index (χ0n) is 8.36. The Bertz CT molecular complexity index is 112. The highest BCUT2D eigenvalue weighted by atomic mass is 16.1. The molecule has 0 aromatic carbocycles. The van der Waals surface area contributed by atoms with Crippen LogP contribution in [0.3, 0.4) is 0 Å². The lowest BCUT2D eigenvalue weighted by Crippen LogP contribution is -2.20. The molecule has 2 heteroatoms. The summed E-state index contributed by atoms with van der Waals surface area (Å²) in [6, 6.07) is 0. The zero-order valence-corrected chi connectivity index (χ0v) is 8.36. The van der Waals surface area contributed by atoms with Crippen molar-refractivity contribution in [3.05, 3.63) is 0 Å². The number of unbranched alkanes of at least 4 members (excludes halogenated alkanes) is 5. The van der Waals surface area contributed by atoms with Gasteiger partial charge in [0.25, 0.3) is 0 Å². The normalized spacial score (nSPS) is 9.83. The Morgan fingerprint density at radius 3 is 2.25 bits per heavy atom. The molecule has 72 valence electrons. The topological polar surface area (TPSA) is 29.1 Å². The SMILES string of the molecule is CCCCCCCCNC(C)=O. The van der Waals surface area contributed by atoms with Crippen molar-refractivity contribution in [3.63, 3.8) is 0 Å². The molecule has 1 amide bonds. The fraction of sp³-hybridized carbons (Fsp3) is 0.900. The van der Waals surface area contributed by atoms with Crippen molar-refractivity contribution in [1.29, 1.82) is 0 Å². The first kappa shape index (κ1) is 11.5. The third-order valence-corrected chi connectivity index (χ3v) is 1.90. The average Bonchev–Trinajstić information content (AvgIpc) is 2.02. The zero-order chi connectivity index (χ0) is 9.23. The molecule has 0 aromatic heterocycles. The molecule has 2 nitrogen and oxygen atoms in total. The Morgan fingerprint density at radius 1 is 1.08 bits per heavy atom. The molecule has 0 radical (unpaired) electrons. The average molecular weight is 171 g/mol. The van der Waals surface area contributed by atoms with Crippen LogP contribution in [0.25, 0.3) is 0 Å². The van der Waals surface area contributed by atoms with Gasteiger partial charge in [-0.1, -0.05) is 39.0 Å². The molecule has 1 N–H and O–H groups in total. The van der Waals surface area contributed by atoms with Gasteiger partial charge in [-0.25, -0.2) is 0 Å². The summed E-state index contributed by atoms with van der Waals surface area (Å²) in [5.41, 5.74) is 0. The molecule has 0 saturated carbocycles.